The van der Waals surface area contributed by atoms with Crippen molar-refractivity contribution in [2.75, 3.05) is 12.8 Å². The number of para-hydroxylation sites is 1. The molecule has 13 heavy (non-hydrogen) atoms. The average Bonchev–Trinajstić information content (AvgIpc) is 2.16. The van der Waals surface area contributed by atoms with Gasteiger partial charge < -0.3 is 4.74 Å². The Bertz CT molecular complexity index is 449. The highest BCUT2D eigenvalue weighted by Gasteiger charge is 2.15. The normalized spacial score (nSPS) is 18.3. The number of rotatable bonds is 3. The zero-order valence-corrected chi connectivity index (χ0v) is 8.26. The molecule has 0 saturated carbocycles. The number of benzene rings is 1. The van der Waals surface area contributed by atoms with Gasteiger partial charge in [0, 0.05) is 2.74 Å². The molecule has 3 nitrogen and oxygen atoms in total. The molecule has 0 spiro atoms. The molecule has 0 saturated heterocycles. The summed E-state index contributed by atoms with van der Waals surface area (Å²) in [5.41, 5.74) is -2.32. The number of hydrogen-bond acceptors (Lipinski definition) is 3. The molecule has 4 heteroatoms. The maximum atomic E-state index is 11.8. The van der Waals surface area contributed by atoms with Gasteiger partial charge in [-0.3, -0.25) is 0 Å². The summed E-state index contributed by atoms with van der Waals surface area (Å²) in [5, 5.41) is 0. The van der Waals surface area contributed by atoms with Crippen LogP contribution in [-0.4, -0.2) is 21.2 Å². The van der Waals surface area contributed by atoms with Crippen LogP contribution in [-0.2, 0) is 9.84 Å². The lowest BCUT2D eigenvalue weighted by Gasteiger charge is -2.06. The third-order valence-corrected chi connectivity index (χ3v) is 3.08. The lowest BCUT2D eigenvalue weighted by molar-refractivity contribution is 0.403. The van der Waals surface area contributed by atoms with Crippen molar-refractivity contribution in [1.29, 1.82) is 0 Å². The smallest absolute Gasteiger partial charge is 0.181 e. The fourth-order valence-corrected chi connectivity index (χ4v) is 1.84. The van der Waals surface area contributed by atoms with Crippen LogP contribution in [0.25, 0.3) is 0 Å². The quantitative estimate of drug-likeness (QED) is 0.744. The second-order valence-electron chi connectivity index (χ2n) is 2.36. The number of hydrogen-bond donors (Lipinski definition) is 0. The zero-order chi connectivity index (χ0) is 11.7. The summed E-state index contributed by atoms with van der Waals surface area (Å²) in [7, 11) is -2.66. The summed E-state index contributed by atoms with van der Waals surface area (Å²) in [4.78, 5) is -0.125. The molecule has 0 heterocycles. The van der Waals surface area contributed by atoms with Crippen LogP contribution in [0.2, 0.25) is 0 Å². The predicted molar refractivity (Wildman–Crippen MR) is 50.7 cm³/mol. The summed E-state index contributed by atoms with van der Waals surface area (Å²) in [6, 6.07) is 5.97. The highest BCUT2D eigenvalue weighted by molar-refractivity contribution is 7.91. The van der Waals surface area contributed by atoms with Gasteiger partial charge in [0.2, 0.25) is 0 Å². The first-order valence-corrected chi connectivity index (χ1v) is 5.16. The number of sulfone groups is 1. The predicted octanol–water partition coefficient (Wildman–Crippen LogP) is 1.49. The van der Waals surface area contributed by atoms with Crippen molar-refractivity contribution in [2.45, 2.75) is 11.8 Å². The molecule has 0 aliphatic rings. The lowest BCUT2D eigenvalue weighted by atomic mass is 10.3. The van der Waals surface area contributed by atoms with E-state index in [0.29, 0.717) is 0 Å². The average molecular weight is 201 g/mol. The Labute approximate surface area is 81.1 Å². The SMILES string of the molecule is [1H]C([2H])(C)S(=O)(=O)c1ccccc1OC. The molecule has 0 bridgehead atoms. The van der Waals surface area contributed by atoms with Gasteiger partial charge in [-0.2, -0.15) is 0 Å². The van der Waals surface area contributed by atoms with E-state index in [4.69, 9.17) is 7.48 Å². The van der Waals surface area contributed by atoms with Crippen molar-refractivity contribution in [3.63, 3.8) is 0 Å². The van der Waals surface area contributed by atoms with E-state index in [-0.39, 0.29) is 10.6 Å². The highest BCUT2D eigenvalue weighted by Crippen LogP contribution is 2.23. The first kappa shape index (κ1) is 7.38. The van der Waals surface area contributed by atoms with Gasteiger partial charge in [-0.15, -0.1) is 0 Å². The molecule has 72 valence electrons. The largest absolute Gasteiger partial charge is 0.495 e. The van der Waals surface area contributed by atoms with Crippen LogP contribution in [0.3, 0.4) is 0 Å². The number of ether oxygens (including phenoxy) is 1. The summed E-state index contributed by atoms with van der Waals surface area (Å²) in [6.45, 7) is 1.01. The van der Waals surface area contributed by atoms with Crippen LogP contribution < -0.4 is 4.74 Å². The van der Waals surface area contributed by atoms with Gasteiger partial charge in [-0.05, 0) is 12.1 Å². The monoisotopic (exact) mass is 201 g/mol. The van der Waals surface area contributed by atoms with E-state index in [1.165, 1.54) is 25.3 Å². The van der Waals surface area contributed by atoms with Gasteiger partial charge in [0.1, 0.15) is 10.6 Å². The Morgan fingerprint density at radius 2 is 2.23 bits per heavy atom. The molecule has 0 aliphatic heterocycles. The molecule has 0 radical (unpaired) electrons. The van der Waals surface area contributed by atoms with Crippen LogP contribution in [0.1, 0.15) is 9.67 Å². The van der Waals surface area contributed by atoms with Gasteiger partial charge in [0.15, 0.2) is 9.84 Å². The summed E-state index contributed by atoms with van der Waals surface area (Å²) in [6.07, 6.45) is 0. The van der Waals surface area contributed by atoms with Crippen LogP contribution in [0.15, 0.2) is 29.2 Å². The van der Waals surface area contributed by atoms with E-state index in [2.05, 4.69) is 0 Å². The van der Waals surface area contributed by atoms with Crippen molar-refractivity contribution in [2.24, 2.45) is 0 Å². The molecule has 0 N–H and O–H groups in total. The minimum absolute atomic E-state index is 0.125. The topological polar surface area (TPSA) is 43.4 Å². The van der Waals surface area contributed by atoms with E-state index in [1.807, 2.05) is 0 Å². The number of methoxy groups -OCH3 is 1. The van der Waals surface area contributed by atoms with Gasteiger partial charge in [-0.1, -0.05) is 19.1 Å². The van der Waals surface area contributed by atoms with E-state index < -0.39 is 15.5 Å². The maximum Gasteiger partial charge on any atom is 0.181 e. The van der Waals surface area contributed by atoms with Crippen LogP contribution >= 0.6 is 0 Å². The fourth-order valence-electron chi connectivity index (χ4n) is 0.951. The van der Waals surface area contributed by atoms with Crippen molar-refractivity contribution in [3.8, 4) is 5.75 Å². The summed E-state index contributed by atoms with van der Waals surface area (Å²) in [5.74, 6) is 0.156. The van der Waals surface area contributed by atoms with Crippen molar-refractivity contribution < 1.29 is 15.9 Å². The van der Waals surface area contributed by atoms with Crippen molar-refractivity contribution >= 4 is 9.84 Å². The first-order valence-electron chi connectivity index (χ1n) is 4.68. The van der Waals surface area contributed by atoms with Gasteiger partial charge >= 0.3 is 0 Å². The Kier molecular flexibility index (Phi) is 2.15. The minimum Gasteiger partial charge on any atom is -0.495 e. The molecule has 0 aliphatic carbocycles. The van der Waals surface area contributed by atoms with E-state index in [9.17, 15) is 8.42 Å². The second kappa shape index (κ2) is 3.79. The van der Waals surface area contributed by atoms with Crippen LogP contribution in [0, 0.1) is 0 Å². The standard InChI is InChI=1S/C9H12O3S/c1-3-13(10,11)9-7-5-4-6-8(9)12-2/h4-7H,3H2,1-2H3/i3DH. The third kappa shape index (κ3) is 2.01. The lowest BCUT2D eigenvalue weighted by Crippen LogP contribution is -2.05. The molecule has 0 amide bonds. The highest BCUT2D eigenvalue weighted by atomic mass is 32.2. The zero-order valence-electron chi connectivity index (χ0n) is 9.44. The van der Waals surface area contributed by atoms with Gasteiger partial charge in [0.05, 0.1) is 12.8 Å². The molecule has 0 fully saturated rings. The van der Waals surface area contributed by atoms with E-state index >= 15 is 0 Å². The van der Waals surface area contributed by atoms with Crippen LogP contribution in [0.5, 0.6) is 5.75 Å². The van der Waals surface area contributed by atoms with Gasteiger partial charge in [0.25, 0.3) is 0 Å². The maximum absolute atomic E-state index is 11.8. The second-order valence-corrected chi connectivity index (χ2v) is 4.21. The minimum atomic E-state index is -4.01. The third-order valence-electron chi connectivity index (χ3n) is 1.63. The Balaban J connectivity index is 3.41. The van der Waals surface area contributed by atoms with E-state index in [1.54, 1.807) is 6.07 Å². The molecular formula is C9H12O3S. The van der Waals surface area contributed by atoms with Gasteiger partial charge in [-0.25, -0.2) is 8.42 Å². The molecule has 1 aromatic carbocycles. The molecule has 1 aromatic rings. The molecule has 0 aromatic heterocycles. The molecule has 1 rings (SSSR count). The van der Waals surface area contributed by atoms with E-state index in [0.717, 1.165) is 6.92 Å². The Morgan fingerprint density at radius 1 is 1.62 bits per heavy atom. The Hall–Kier alpha value is -1.03. The summed E-state index contributed by atoms with van der Waals surface area (Å²) >= 11 is 0. The summed E-state index contributed by atoms with van der Waals surface area (Å²) < 4.78 is 43.0. The van der Waals surface area contributed by atoms with Crippen LogP contribution in [0.4, 0.5) is 0 Å². The molecular weight excluding hydrogens is 188 g/mol. The first-order chi connectivity index (χ1) is 6.80. The Morgan fingerprint density at radius 3 is 2.77 bits per heavy atom. The van der Waals surface area contributed by atoms with Crippen molar-refractivity contribution in [3.05, 3.63) is 24.3 Å². The van der Waals surface area contributed by atoms with Crippen molar-refractivity contribution in [1.82, 2.24) is 0 Å². The molecule has 1 atom stereocenters. The molecule has 1 unspecified atom stereocenters. The fraction of sp³-hybridized carbons (Fsp3) is 0.333.